The van der Waals surface area contributed by atoms with Gasteiger partial charge in [-0.05, 0) is 24.6 Å². The minimum Gasteiger partial charge on any atom is -0.387 e. The summed E-state index contributed by atoms with van der Waals surface area (Å²) >= 11 is 0. The zero-order valence-corrected chi connectivity index (χ0v) is 8.99. The van der Waals surface area contributed by atoms with Crippen molar-refractivity contribution in [3.05, 3.63) is 34.2 Å². The number of nitrogens with one attached hydrogen (secondary N) is 2. The van der Waals surface area contributed by atoms with E-state index in [-0.39, 0.29) is 5.56 Å². The van der Waals surface area contributed by atoms with Gasteiger partial charge in [0.1, 0.15) is 0 Å². The summed E-state index contributed by atoms with van der Waals surface area (Å²) in [4.78, 5) is 13.3. The van der Waals surface area contributed by atoms with E-state index in [1.165, 1.54) is 6.07 Å². The van der Waals surface area contributed by atoms with Crippen molar-refractivity contribution in [2.75, 3.05) is 13.1 Å². The molecule has 0 bridgehead atoms. The normalized spacial score (nSPS) is 12.7. The molecule has 1 unspecified atom stereocenters. The van der Waals surface area contributed by atoms with Gasteiger partial charge in [-0.3, -0.25) is 4.79 Å². The lowest BCUT2D eigenvalue weighted by Gasteiger charge is -2.11. The number of aliphatic hydroxyl groups is 1. The number of rotatable bonds is 6. The van der Waals surface area contributed by atoms with Crippen molar-refractivity contribution in [2.45, 2.75) is 25.9 Å². The van der Waals surface area contributed by atoms with Gasteiger partial charge in [-0.1, -0.05) is 13.3 Å². The molecule has 0 saturated carbocycles. The molecule has 4 nitrogen and oxygen atoms in total. The van der Waals surface area contributed by atoms with Crippen LogP contribution < -0.4 is 10.9 Å². The molecule has 0 amide bonds. The summed E-state index contributed by atoms with van der Waals surface area (Å²) in [6, 6.07) is 3.07. The van der Waals surface area contributed by atoms with Crippen LogP contribution in [0.3, 0.4) is 0 Å². The van der Waals surface area contributed by atoms with Gasteiger partial charge in [-0.2, -0.15) is 0 Å². The van der Waals surface area contributed by atoms with Gasteiger partial charge in [-0.15, -0.1) is 0 Å². The fraction of sp³-hybridized carbons (Fsp3) is 0.545. The largest absolute Gasteiger partial charge is 0.387 e. The van der Waals surface area contributed by atoms with E-state index in [4.69, 9.17) is 0 Å². The van der Waals surface area contributed by atoms with E-state index in [2.05, 4.69) is 17.2 Å². The van der Waals surface area contributed by atoms with Gasteiger partial charge in [-0.25, -0.2) is 0 Å². The van der Waals surface area contributed by atoms with Gasteiger partial charge in [0.15, 0.2) is 0 Å². The van der Waals surface area contributed by atoms with Crippen molar-refractivity contribution in [1.82, 2.24) is 10.3 Å². The molecule has 1 rings (SSSR count). The molecule has 1 atom stereocenters. The molecule has 4 heteroatoms. The van der Waals surface area contributed by atoms with Crippen molar-refractivity contribution in [2.24, 2.45) is 0 Å². The van der Waals surface area contributed by atoms with Crippen LogP contribution in [0, 0.1) is 0 Å². The van der Waals surface area contributed by atoms with Crippen molar-refractivity contribution in [3.8, 4) is 0 Å². The lowest BCUT2D eigenvalue weighted by atomic mass is 10.1. The summed E-state index contributed by atoms with van der Waals surface area (Å²) in [5, 5.41) is 12.9. The third-order valence-electron chi connectivity index (χ3n) is 2.24. The average Bonchev–Trinajstić information content (AvgIpc) is 2.25. The maximum atomic E-state index is 10.8. The van der Waals surface area contributed by atoms with Gasteiger partial charge >= 0.3 is 0 Å². The lowest BCUT2D eigenvalue weighted by molar-refractivity contribution is 0.174. The first-order chi connectivity index (χ1) is 7.24. The monoisotopic (exact) mass is 210 g/mol. The number of hydrogen-bond acceptors (Lipinski definition) is 3. The number of H-pyrrole nitrogens is 1. The van der Waals surface area contributed by atoms with Crippen LogP contribution in [0.5, 0.6) is 0 Å². The van der Waals surface area contributed by atoms with E-state index >= 15 is 0 Å². The zero-order chi connectivity index (χ0) is 11.1. The average molecular weight is 210 g/mol. The second-order valence-corrected chi connectivity index (χ2v) is 3.56. The molecule has 0 aliphatic heterocycles. The predicted octanol–water partition coefficient (Wildman–Crippen LogP) is 0.798. The SMILES string of the molecule is CCCCNCC(O)c1ccc(=O)[nH]c1. The van der Waals surface area contributed by atoms with Crippen LogP contribution in [-0.2, 0) is 0 Å². The topological polar surface area (TPSA) is 65.1 Å². The van der Waals surface area contributed by atoms with Crippen LogP contribution in [0.25, 0.3) is 0 Å². The Balaban J connectivity index is 2.36. The molecule has 0 spiro atoms. The Morgan fingerprint density at radius 3 is 2.93 bits per heavy atom. The van der Waals surface area contributed by atoms with E-state index in [0.29, 0.717) is 6.54 Å². The Labute approximate surface area is 89.3 Å². The van der Waals surface area contributed by atoms with Gasteiger partial charge in [0.05, 0.1) is 6.10 Å². The first kappa shape index (κ1) is 11.9. The first-order valence-corrected chi connectivity index (χ1v) is 5.31. The molecule has 0 radical (unpaired) electrons. The molecule has 0 saturated heterocycles. The predicted molar refractivity (Wildman–Crippen MR) is 59.8 cm³/mol. The van der Waals surface area contributed by atoms with E-state index in [1.807, 2.05) is 0 Å². The van der Waals surface area contributed by atoms with Crippen molar-refractivity contribution < 1.29 is 5.11 Å². The summed E-state index contributed by atoms with van der Waals surface area (Å²) in [7, 11) is 0. The molecule has 0 aliphatic carbocycles. The lowest BCUT2D eigenvalue weighted by Crippen LogP contribution is -2.22. The highest BCUT2D eigenvalue weighted by molar-refractivity contribution is 5.12. The second kappa shape index (κ2) is 6.37. The Bertz CT molecular complexity index is 315. The summed E-state index contributed by atoms with van der Waals surface area (Å²) in [6.45, 7) is 3.56. The standard InChI is InChI=1S/C11H18N2O2/c1-2-3-6-12-8-10(14)9-4-5-11(15)13-7-9/h4-5,7,10,12,14H,2-3,6,8H2,1H3,(H,13,15). The molecular formula is C11H18N2O2. The summed E-state index contributed by atoms with van der Waals surface area (Å²) in [5.41, 5.74) is 0.587. The minimum atomic E-state index is -0.557. The van der Waals surface area contributed by atoms with Gasteiger partial charge < -0.3 is 15.4 Å². The van der Waals surface area contributed by atoms with E-state index in [0.717, 1.165) is 24.9 Å². The fourth-order valence-electron chi connectivity index (χ4n) is 1.29. The summed E-state index contributed by atoms with van der Waals surface area (Å²) in [5.74, 6) is 0. The molecule has 1 heterocycles. The zero-order valence-electron chi connectivity index (χ0n) is 8.99. The van der Waals surface area contributed by atoms with Gasteiger partial charge in [0.2, 0.25) is 5.56 Å². The third-order valence-corrected chi connectivity index (χ3v) is 2.24. The van der Waals surface area contributed by atoms with E-state index in [9.17, 15) is 9.90 Å². The number of pyridine rings is 1. The molecule has 3 N–H and O–H groups in total. The molecule has 0 fully saturated rings. The van der Waals surface area contributed by atoms with Crippen LogP contribution in [-0.4, -0.2) is 23.2 Å². The minimum absolute atomic E-state index is 0.148. The van der Waals surface area contributed by atoms with Crippen molar-refractivity contribution >= 4 is 0 Å². The Morgan fingerprint density at radius 1 is 1.53 bits per heavy atom. The maximum Gasteiger partial charge on any atom is 0.247 e. The molecule has 15 heavy (non-hydrogen) atoms. The number of hydrogen-bond donors (Lipinski definition) is 3. The van der Waals surface area contributed by atoms with E-state index < -0.39 is 6.10 Å². The van der Waals surface area contributed by atoms with Gasteiger partial charge in [0, 0.05) is 18.8 Å². The Kier molecular flexibility index (Phi) is 5.07. The number of aromatic nitrogens is 1. The van der Waals surface area contributed by atoms with Crippen LogP contribution in [0.15, 0.2) is 23.1 Å². The summed E-state index contributed by atoms with van der Waals surface area (Å²) < 4.78 is 0. The second-order valence-electron chi connectivity index (χ2n) is 3.56. The maximum absolute atomic E-state index is 10.8. The quantitative estimate of drug-likeness (QED) is 0.608. The highest BCUT2D eigenvalue weighted by Crippen LogP contribution is 2.07. The van der Waals surface area contributed by atoms with E-state index in [1.54, 1.807) is 12.3 Å². The van der Waals surface area contributed by atoms with Crippen molar-refractivity contribution in [3.63, 3.8) is 0 Å². The van der Waals surface area contributed by atoms with Crippen LogP contribution in [0.1, 0.15) is 31.4 Å². The highest BCUT2D eigenvalue weighted by atomic mass is 16.3. The third kappa shape index (κ3) is 4.27. The first-order valence-electron chi connectivity index (χ1n) is 5.31. The molecule has 84 valence electrons. The number of aromatic amines is 1. The van der Waals surface area contributed by atoms with Crippen LogP contribution >= 0.6 is 0 Å². The van der Waals surface area contributed by atoms with Crippen molar-refractivity contribution in [1.29, 1.82) is 0 Å². The fourth-order valence-corrected chi connectivity index (χ4v) is 1.29. The number of aliphatic hydroxyl groups excluding tert-OH is 1. The number of unbranched alkanes of at least 4 members (excludes halogenated alkanes) is 1. The van der Waals surface area contributed by atoms with Gasteiger partial charge in [0.25, 0.3) is 0 Å². The molecule has 1 aromatic heterocycles. The smallest absolute Gasteiger partial charge is 0.247 e. The Hall–Kier alpha value is -1.13. The molecule has 1 aromatic rings. The summed E-state index contributed by atoms with van der Waals surface area (Å²) in [6.07, 6.45) is 3.24. The molecule has 0 aliphatic rings. The molecular weight excluding hydrogens is 192 g/mol. The molecule has 0 aromatic carbocycles. The van der Waals surface area contributed by atoms with Crippen LogP contribution in [0.4, 0.5) is 0 Å². The van der Waals surface area contributed by atoms with Crippen LogP contribution in [0.2, 0.25) is 0 Å². The Morgan fingerprint density at radius 2 is 2.33 bits per heavy atom. The highest BCUT2D eigenvalue weighted by Gasteiger charge is 2.05.